The maximum absolute atomic E-state index is 12.4. The Morgan fingerprint density at radius 2 is 1.68 bits per heavy atom. The van der Waals surface area contributed by atoms with Crippen LogP contribution < -0.4 is 10.6 Å². The van der Waals surface area contributed by atoms with Crippen molar-refractivity contribution in [3.05, 3.63) is 94.8 Å². The van der Waals surface area contributed by atoms with Crippen LogP contribution >= 0.6 is 0 Å². The van der Waals surface area contributed by atoms with Crippen LogP contribution in [0.3, 0.4) is 0 Å². The summed E-state index contributed by atoms with van der Waals surface area (Å²) in [6, 6.07) is 21.1. The quantitative estimate of drug-likeness (QED) is 0.719. The van der Waals surface area contributed by atoms with Gasteiger partial charge >= 0.3 is 0 Å². The third-order valence-electron chi connectivity index (χ3n) is 4.00. The largest absolute Gasteiger partial charge is 0.347 e. The number of nitrogens with one attached hydrogen (secondary N) is 2. The van der Waals surface area contributed by atoms with Crippen LogP contribution in [0, 0.1) is 18.3 Å². The van der Waals surface area contributed by atoms with E-state index in [-0.39, 0.29) is 17.3 Å². The zero-order chi connectivity index (χ0) is 19.9. The van der Waals surface area contributed by atoms with Gasteiger partial charge in [-0.2, -0.15) is 5.26 Å². The molecule has 0 saturated heterocycles. The SMILES string of the molecule is Cc1cccc(CNC(=O)c2cccc(C(=O)Nc3cccc(C#N)c3)n2)c1. The first-order chi connectivity index (χ1) is 13.5. The van der Waals surface area contributed by atoms with Crippen LogP contribution in [0.2, 0.25) is 0 Å². The van der Waals surface area contributed by atoms with Gasteiger partial charge in [0.2, 0.25) is 0 Å². The topological polar surface area (TPSA) is 94.9 Å². The zero-order valence-electron chi connectivity index (χ0n) is 15.3. The number of aromatic nitrogens is 1. The first kappa shape index (κ1) is 18.8. The Kier molecular flexibility index (Phi) is 5.78. The molecule has 138 valence electrons. The van der Waals surface area contributed by atoms with Gasteiger partial charge in [-0.05, 0) is 42.8 Å². The fourth-order valence-corrected chi connectivity index (χ4v) is 2.64. The minimum absolute atomic E-state index is 0.116. The molecular formula is C22H18N4O2. The zero-order valence-corrected chi connectivity index (χ0v) is 15.3. The first-order valence-corrected chi connectivity index (χ1v) is 8.67. The Bertz CT molecular complexity index is 1070. The maximum Gasteiger partial charge on any atom is 0.274 e. The summed E-state index contributed by atoms with van der Waals surface area (Å²) < 4.78 is 0. The molecule has 0 atom stereocenters. The number of amides is 2. The second-order valence-corrected chi connectivity index (χ2v) is 6.23. The molecule has 0 aliphatic carbocycles. The lowest BCUT2D eigenvalue weighted by Gasteiger charge is -2.08. The number of anilines is 1. The van der Waals surface area contributed by atoms with Crippen LogP contribution in [-0.2, 0) is 6.54 Å². The van der Waals surface area contributed by atoms with E-state index in [1.165, 1.54) is 6.07 Å². The second kappa shape index (κ2) is 8.60. The number of carbonyl (C=O) groups is 2. The standard InChI is InChI=1S/C22H18N4O2/c1-15-5-2-7-17(11-15)14-24-21(27)19-9-4-10-20(26-19)22(28)25-18-8-3-6-16(12-18)13-23/h2-12H,14H2,1H3,(H,24,27)(H,25,28). The van der Waals surface area contributed by atoms with Crippen molar-refractivity contribution < 1.29 is 9.59 Å². The molecule has 6 heteroatoms. The average molecular weight is 370 g/mol. The molecule has 3 rings (SSSR count). The highest BCUT2D eigenvalue weighted by atomic mass is 16.2. The molecule has 2 amide bonds. The van der Waals surface area contributed by atoms with Gasteiger partial charge in [0.25, 0.3) is 11.8 Å². The van der Waals surface area contributed by atoms with Crippen molar-refractivity contribution in [3.8, 4) is 6.07 Å². The smallest absolute Gasteiger partial charge is 0.274 e. The lowest BCUT2D eigenvalue weighted by atomic mass is 10.1. The molecule has 28 heavy (non-hydrogen) atoms. The van der Waals surface area contributed by atoms with E-state index in [0.717, 1.165) is 11.1 Å². The van der Waals surface area contributed by atoms with Crippen LogP contribution in [0.25, 0.3) is 0 Å². The maximum atomic E-state index is 12.4. The normalized spacial score (nSPS) is 10.0. The number of nitriles is 1. The molecule has 0 spiro atoms. The summed E-state index contributed by atoms with van der Waals surface area (Å²) in [4.78, 5) is 28.9. The van der Waals surface area contributed by atoms with Crippen molar-refractivity contribution in [2.24, 2.45) is 0 Å². The predicted octanol–water partition coefficient (Wildman–Crippen LogP) is 3.44. The molecule has 3 aromatic rings. The molecule has 0 aliphatic heterocycles. The number of rotatable bonds is 5. The highest BCUT2D eigenvalue weighted by molar-refractivity contribution is 6.03. The summed E-state index contributed by atoms with van der Waals surface area (Å²) >= 11 is 0. The Hall–Kier alpha value is -3.98. The molecule has 0 bridgehead atoms. The lowest BCUT2D eigenvalue weighted by molar-refractivity contribution is 0.0945. The van der Waals surface area contributed by atoms with Crippen LogP contribution in [-0.4, -0.2) is 16.8 Å². The Labute approximate surface area is 162 Å². The van der Waals surface area contributed by atoms with Gasteiger partial charge < -0.3 is 10.6 Å². The fourth-order valence-electron chi connectivity index (χ4n) is 2.64. The molecule has 0 radical (unpaired) electrons. The van der Waals surface area contributed by atoms with E-state index in [0.29, 0.717) is 17.8 Å². The van der Waals surface area contributed by atoms with E-state index in [1.807, 2.05) is 37.3 Å². The number of pyridine rings is 1. The number of nitrogens with zero attached hydrogens (tertiary/aromatic N) is 2. The van der Waals surface area contributed by atoms with E-state index >= 15 is 0 Å². The van der Waals surface area contributed by atoms with Gasteiger partial charge in [0.15, 0.2) is 0 Å². The summed E-state index contributed by atoms with van der Waals surface area (Å²) in [6.07, 6.45) is 0. The Morgan fingerprint density at radius 3 is 2.43 bits per heavy atom. The molecule has 0 unspecified atom stereocenters. The molecule has 2 N–H and O–H groups in total. The van der Waals surface area contributed by atoms with E-state index in [1.54, 1.807) is 36.4 Å². The summed E-state index contributed by atoms with van der Waals surface area (Å²) in [6.45, 7) is 2.36. The summed E-state index contributed by atoms with van der Waals surface area (Å²) in [5.41, 5.74) is 3.30. The summed E-state index contributed by atoms with van der Waals surface area (Å²) in [5, 5.41) is 14.4. The average Bonchev–Trinajstić information content (AvgIpc) is 2.72. The molecule has 0 aliphatic rings. The van der Waals surface area contributed by atoms with Gasteiger partial charge in [0.1, 0.15) is 11.4 Å². The molecule has 2 aromatic carbocycles. The summed E-state index contributed by atoms with van der Waals surface area (Å²) in [5.74, 6) is -0.814. The second-order valence-electron chi connectivity index (χ2n) is 6.23. The van der Waals surface area contributed by atoms with Crippen LogP contribution in [0.1, 0.15) is 37.7 Å². The predicted molar refractivity (Wildman–Crippen MR) is 106 cm³/mol. The molecule has 1 aromatic heterocycles. The van der Waals surface area contributed by atoms with Crippen molar-refractivity contribution in [2.45, 2.75) is 13.5 Å². The van der Waals surface area contributed by atoms with Gasteiger partial charge in [-0.1, -0.05) is 42.0 Å². The van der Waals surface area contributed by atoms with Gasteiger partial charge in [-0.15, -0.1) is 0 Å². The molecule has 0 fully saturated rings. The van der Waals surface area contributed by atoms with Crippen molar-refractivity contribution in [1.29, 1.82) is 5.26 Å². The van der Waals surface area contributed by atoms with Crippen LogP contribution in [0.15, 0.2) is 66.7 Å². The summed E-state index contributed by atoms with van der Waals surface area (Å²) in [7, 11) is 0. The van der Waals surface area contributed by atoms with E-state index in [9.17, 15) is 9.59 Å². The van der Waals surface area contributed by atoms with E-state index in [2.05, 4.69) is 15.6 Å². The number of aryl methyl sites for hydroxylation is 1. The molecule has 0 saturated carbocycles. The number of carbonyl (C=O) groups excluding carboxylic acids is 2. The Balaban J connectivity index is 1.68. The monoisotopic (exact) mass is 370 g/mol. The highest BCUT2D eigenvalue weighted by Crippen LogP contribution is 2.11. The van der Waals surface area contributed by atoms with Crippen molar-refractivity contribution >= 4 is 17.5 Å². The van der Waals surface area contributed by atoms with Crippen LogP contribution in [0.5, 0.6) is 0 Å². The first-order valence-electron chi connectivity index (χ1n) is 8.67. The van der Waals surface area contributed by atoms with Gasteiger partial charge in [0.05, 0.1) is 11.6 Å². The molecule has 1 heterocycles. The van der Waals surface area contributed by atoms with Gasteiger partial charge in [-0.3, -0.25) is 9.59 Å². The van der Waals surface area contributed by atoms with E-state index in [4.69, 9.17) is 5.26 Å². The number of benzene rings is 2. The minimum atomic E-state index is -0.455. The lowest BCUT2D eigenvalue weighted by Crippen LogP contribution is -2.25. The molecule has 6 nitrogen and oxygen atoms in total. The van der Waals surface area contributed by atoms with Crippen molar-refractivity contribution in [2.75, 3.05) is 5.32 Å². The van der Waals surface area contributed by atoms with Crippen LogP contribution in [0.4, 0.5) is 5.69 Å². The number of hydrogen-bond acceptors (Lipinski definition) is 4. The number of hydrogen-bond donors (Lipinski definition) is 2. The van der Waals surface area contributed by atoms with Gasteiger partial charge in [-0.25, -0.2) is 4.98 Å². The fraction of sp³-hybridized carbons (Fsp3) is 0.0909. The highest BCUT2D eigenvalue weighted by Gasteiger charge is 2.13. The van der Waals surface area contributed by atoms with E-state index < -0.39 is 5.91 Å². The van der Waals surface area contributed by atoms with Crippen molar-refractivity contribution in [1.82, 2.24) is 10.3 Å². The van der Waals surface area contributed by atoms with Gasteiger partial charge in [0, 0.05) is 12.2 Å². The minimum Gasteiger partial charge on any atom is -0.347 e. The molecular weight excluding hydrogens is 352 g/mol. The Morgan fingerprint density at radius 1 is 0.964 bits per heavy atom. The van der Waals surface area contributed by atoms with Crippen molar-refractivity contribution in [3.63, 3.8) is 0 Å². The third kappa shape index (κ3) is 4.80. The third-order valence-corrected chi connectivity index (χ3v) is 4.00.